The average Bonchev–Trinajstić information content (AvgIpc) is 3.07. The standard InChI is InChI=1S/C32H29Cl2F2NO2.ClH/c1-19-21(14-20-17-37(18-20)13-3-12-35)6-10-28(31(19)36)30-25-9-7-23(32(38)39)15-22(25)4-2-5-27(30)26-11-8-24(33)16-29(26)34;/h6-11,14-16H,2-5,12-13,17-18H2,1H3,(H,38,39);1H. The number of alkyl halides is 1. The zero-order valence-electron chi connectivity index (χ0n) is 22.1. The highest BCUT2D eigenvalue weighted by Gasteiger charge is 2.26. The number of allylic oxidation sites excluding steroid dienone is 1. The van der Waals surface area contributed by atoms with Crippen molar-refractivity contribution in [1.82, 2.24) is 4.90 Å². The van der Waals surface area contributed by atoms with Crippen LogP contribution in [-0.2, 0) is 6.42 Å². The van der Waals surface area contributed by atoms with E-state index >= 15 is 4.39 Å². The maximum atomic E-state index is 16.3. The summed E-state index contributed by atoms with van der Waals surface area (Å²) in [5, 5.41) is 10.6. The molecular formula is C32H30Cl3F2NO2. The van der Waals surface area contributed by atoms with E-state index in [-0.39, 0.29) is 30.5 Å². The number of hydrogen-bond acceptors (Lipinski definition) is 2. The van der Waals surface area contributed by atoms with Gasteiger partial charge in [-0.15, -0.1) is 12.4 Å². The molecule has 1 aliphatic carbocycles. The lowest BCUT2D eigenvalue weighted by Gasteiger charge is -2.34. The number of carboxylic acid groups (broad SMARTS) is 1. The van der Waals surface area contributed by atoms with Crippen molar-refractivity contribution in [3.8, 4) is 0 Å². The predicted octanol–water partition coefficient (Wildman–Crippen LogP) is 8.91. The van der Waals surface area contributed by atoms with Crippen molar-refractivity contribution in [2.45, 2.75) is 32.6 Å². The van der Waals surface area contributed by atoms with Crippen molar-refractivity contribution >= 4 is 58.8 Å². The molecule has 0 saturated carbocycles. The Morgan fingerprint density at radius 3 is 2.45 bits per heavy atom. The minimum Gasteiger partial charge on any atom is -0.478 e. The van der Waals surface area contributed by atoms with Crippen molar-refractivity contribution in [2.24, 2.45) is 0 Å². The molecule has 0 spiro atoms. The van der Waals surface area contributed by atoms with Gasteiger partial charge >= 0.3 is 5.97 Å². The number of nitrogens with zero attached hydrogens (tertiary/aromatic N) is 1. The Labute approximate surface area is 249 Å². The molecular weight excluding hydrogens is 575 g/mol. The number of rotatable bonds is 7. The molecule has 40 heavy (non-hydrogen) atoms. The van der Waals surface area contributed by atoms with E-state index in [1.54, 1.807) is 37.3 Å². The molecule has 1 heterocycles. The average molecular weight is 605 g/mol. The molecule has 1 N–H and O–H groups in total. The zero-order chi connectivity index (χ0) is 27.7. The number of aromatic carboxylic acids is 1. The first-order valence-corrected chi connectivity index (χ1v) is 13.8. The third-order valence-corrected chi connectivity index (χ3v) is 8.12. The molecule has 210 valence electrons. The fraction of sp³-hybridized carbons (Fsp3) is 0.281. The highest BCUT2D eigenvalue weighted by Crippen LogP contribution is 2.43. The fourth-order valence-electron chi connectivity index (χ4n) is 5.56. The molecule has 0 aromatic heterocycles. The minimum absolute atomic E-state index is 0. The van der Waals surface area contributed by atoms with Crippen molar-refractivity contribution in [3.05, 3.63) is 109 Å². The summed E-state index contributed by atoms with van der Waals surface area (Å²) in [7, 11) is 0. The Morgan fingerprint density at radius 1 is 1.02 bits per heavy atom. The van der Waals surface area contributed by atoms with E-state index < -0.39 is 5.97 Å². The second-order valence-electron chi connectivity index (χ2n) is 10.2. The number of hydrogen-bond donors (Lipinski definition) is 1. The second-order valence-corrected chi connectivity index (χ2v) is 11.0. The van der Waals surface area contributed by atoms with Crippen molar-refractivity contribution in [1.29, 1.82) is 0 Å². The van der Waals surface area contributed by atoms with Crippen LogP contribution < -0.4 is 0 Å². The first kappa shape index (κ1) is 30.3. The van der Waals surface area contributed by atoms with Crippen LogP contribution in [0.2, 0.25) is 10.0 Å². The number of likely N-dealkylation sites (tertiary alicyclic amines) is 1. The van der Waals surface area contributed by atoms with Crippen molar-refractivity contribution < 1.29 is 18.7 Å². The molecule has 2 aliphatic rings. The lowest BCUT2D eigenvalue weighted by Crippen LogP contribution is -2.40. The molecule has 1 saturated heterocycles. The molecule has 3 aromatic rings. The van der Waals surface area contributed by atoms with Gasteiger partial charge in [-0.2, -0.15) is 0 Å². The molecule has 5 rings (SSSR count). The first-order chi connectivity index (χ1) is 18.8. The summed E-state index contributed by atoms with van der Waals surface area (Å²) in [6.45, 7) is 3.73. The molecule has 0 amide bonds. The molecule has 3 aromatic carbocycles. The van der Waals surface area contributed by atoms with E-state index in [4.69, 9.17) is 23.2 Å². The smallest absolute Gasteiger partial charge is 0.335 e. The van der Waals surface area contributed by atoms with Gasteiger partial charge in [-0.1, -0.05) is 53.5 Å². The summed E-state index contributed by atoms with van der Waals surface area (Å²) in [4.78, 5) is 13.9. The van der Waals surface area contributed by atoms with Gasteiger partial charge < -0.3 is 5.11 Å². The van der Waals surface area contributed by atoms with Gasteiger partial charge in [0.1, 0.15) is 5.82 Å². The summed E-state index contributed by atoms with van der Waals surface area (Å²) in [6, 6.07) is 14.1. The number of carbonyl (C=O) groups is 1. The Hall–Kier alpha value is -2.70. The van der Waals surface area contributed by atoms with Gasteiger partial charge in [0.2, 0.25) is 0 Å². The summed E-state index contributed by atoms with van der Waals surface area (Å²) < 4.78 is 28.8. The highest BCUT2D eigenvalue weighted by atomic mass is 35.5. The number of halogens is 5. The van der Waals surface area contributed by atoms with Gasteiger partial charge in [-0.05, 0) is 101 Å². The van der Waals surface area contributed by atoms with Crippen LogP contribution in [0.5, 0.6) is 0 Å². The monoisotopic (exact) mass is 603 g/mol. The van der Waals surface area contributed by atoms with Crippen LogP contribution in [0.15, 0.2) is 54.1 Å². The van der Waals surface area contributed by atoms with Crippen LogP contribution >= 0.6 is 35.6 Å². The van der Waals surface area contributed by atoms with E-state index in [1.165, 1.54) is 5.57 Å². The van der Waals surface area contributed by atoms with Crippen LogP contribution in [0.1, 0.15) is 63.0 Å². The van der Waals surface area contributed by atoms with Gasteiger partial charge in [-0.25, -0.2) is 9.18 Å². The number of carboxylic acids is 1. The van der Waals surface area contributed by atoms with E-state index in [2.05, 4.69) is 4.90 Å². The third-order valence-electron chi connectivity index (χ3n) is 7.57. The van der Waals surface area contributed by atoms with Crippen LogP contribution in [-0.4, -0.2) is 42.3 Å². The number of benzene rings is 3. The normalized spacial score (nSPS) is 15.2. The lowest BCUT2D eigenvalue weighted by atomic mass is 9.85. The first-order valence-electron chi connectivity index (χ1n) is 13.1. The molecule has 1 fully saturated rings. The third kappa shape index (κ3) is 6.13. The Kier molecular flexibility index (Phi) is 9.73. The van der Waals surface area contributed by atoms with Crippen LogP contribution in [0.25, 0.3) is 17.2 Å². The Balaban J connectivity index is 0.00000370. The second kappa shape index (κ2) is 12.9. The van der Waals surface area contributed by atoms with E-state index in [1.807, 2.05) is 24.3 Å². The quantitative estimate of drug-likeness (QED) is 0.293. The topological polar surface area (TPSA) is 40.5 Å². The van der Waals surface area contributed by atoms with Crippen LogP contribution in [0, 0.1) is 12.7 Å². The maximum Gasteiger partial charge on any atom is 0.335 e. The van der Waals surface area contributed by atoms with Crippen LogP contribution in [0.4, 0.5) is 8.78 Å². The summed E-state index contributed by atoms with van der Waals surface area (Å²) in [6.07, 6.45) is 4.63. The highest BCUT2D eigenvalue weighted by molar-refractivity contribution is 6.36. The van der Waals surface area contributed by atoms with Gasteiger partial charge in [0.15, 0.2) is 0 Å². The molecule has 0 radical (unpaired) electrons. The van der Waals surface area contributed by atoms with Gasteiger partial charge in [0, 0.05) is 35.2 Å². The Morgan fingerprint density at radius 2 is 1.75 bits per heavy atom. The Bertz CT molecular complexity index is 1510. The number of fused-ring (bicyclic) bond motifs is 1. The molecule has 0 bridgehead atoms. The maximum absolute atomic E-state index is 16.3. The van der Waals surface area contributed by atoms with Crippen molar-refractivity contribution in [2.75, 3.05) is 26.3 Å². The summed E-state index contributed by atoms with van der Waals surface area (Å²) >= 11 is 12.8. The molecule has 8 heteroatoms. The molecule has 3 nitrogen and oxygen atoms in total. The summed E-state index contributed by atoms with van der Waals surface area (Å²) in [5.74, 6) is -1.31. The molecule has 0 unspecified atom stereocenters. The molecule has 0 atom stereocenters. The SMILES string of the molecule is Cc1c(C=C2CN(CCCF)C2)ccc(C2=C(c3ccc(Cl)cc3Cl)CCCc3cc(C(=O)O)ccc32)c1F.Cl. The minimum atomic E-state index is -0.993. The van der Waals surface area contributed by atoms with E-state index in [9.17, 15) is 14.3 Å². The number of aryl methyl sites for hydroxylation is 1. The van der Waals surface area contributed by atoms with Crippen LogP contribution in [0.3, 0.4) is 0 Å². The fourth-order valence-corrected chi connectivity index (χ4v) is 6.08. The zero-order valence-corrected chi connectivity index (χ0v) is 24.4. The van der Waals surface area contributed by atoms with Gasteiger partial charge in [0.25, 0.3) is 0 Å². The largest absolute Gasteiger partial charge is 0.478 e. The van der Waals surface area contributed by atoms with Crippen molar-refractivity contribution in [3.63, 3.8) is 0 Å². The van der Waals surface area contributed by atoms with E-state index in [0.29, 0.717) is 40.4 Å². The lowest BCUT2D eigenvalue weighted by molar-refractivity contribution is 0.0696. The van der Waals surface area contributed by atoms with Gasteiger partial charge in [0.05, 0.1) is 12.2 Å². The molecule has 1 aliphatic heterocycles. The predicted molar refractivity (Wildman–Crippen MR) is 162 cm³/mol. The summed E-state index contributed by atoms with van der Waals surface area (Å²) in [5.41, 5.74) is 7.33. The van der Waals surface area contributed by atoms with E-state index in [0.717, 1.165) is 59.5 Å². The van der Waals surface area contributed by atoms with Gasteiger partial charge in [-0.3, -0.25) is 9.29 Å².